The van der Waals surface area contributed by atoms with Gasteiger partial charge in [-0.15, -0.1) is 0 Å². The summed E-state index contributed by atoms with van der Waals surface area (Å²) in [5.41, 5.74) is -5.63. The molecule has 0 atom stereocenters. The molecule has 0 amide bonds. The Morgan fingerprint density at radius 1 is 1.38 bits per heavy atom. The van der Waals surface area contributed by atoms with Crippen molar-refractivity contribution < 1.29 is 35.3 Å². The predicted molar refractivity (Wildman–Crippen MR) is 33.1 cm³/mol. The maximum Gasteiger partial charge on any atom is 0.534 e. The molecule has 9 heteroatoms. The van der Waals surface area contributed by atoms with E-state index in [1.54, 1.807) is 0 Å². The topological polar surface area (TPSA) is 69.7 Å². The highest BCUT2D eigenvalue weighted by atomic mass is 32.2. The summed E-state index contributed by atoms with van der Waals surface area (Å²) >= 11 is 0. The highest BCUT2D eigenvalue weighted by molar-refractivity contribution is 7.88. The fourth-order valence-corrected chi connectivity index (χ4v) is 0.600. The highest BCUT2D eigenvalue weighted by Gasteiger charge is 2.50. The molecule has 0 saturated carbocycles. The van der Waals surface area contributed by atoms with Crippen molar-refractivity contribution in [3.8, 4) is 0 Å². The molecule has 0 unspecified atom stereocenters. The smallest absolute Gasteiger partial charge is 0.434 e. The van der Waals surface area contributed by atoms with Gasteiger partial charge in [0.25, 0.3) is 0 Å². The summed E-state index contributed by atoms with van der Waals surface area (Å²) in [5.74, 6) is 0. The van der Waals surface area contributed by atoms with Crippen LogP contribution in [0.2, 0.25) is 0 Å². The summed E-state index contributed by atoms with van der Waals surface area (Å²) in [6.45, 7) is 0.994. The molecule has 78 valence electrons. The van der Waals surface area contributed by atoms with Crippen LogP contribution in [0.3, 0.4) is 0 Å². The standard InChI is InChI=1S/C4H5F3O5S/c1-2-11-3(8)12-13(9,10)4(5,6)7/h2H2,1H3. The Bertz CT molecular complexity index is 279. The predicted octanol–water partition coefficient (Wildman–Crippen LogP) is 1.01. The SMILES string of the molecule is CCOC(=O)OS(=O)(=O)C(F)(F)F. The number of carbonyl (C=O) groups excluding carboxylic acids is 1. The zero-order chi connectivity index (χ0) is 10.7. The molecule has 13 heavy (non-hydrogen) atoms. The van der Waals surface area contributed by atoms with E-state index in [0.717, 1.165) is 0 Å². The fourth-order valence-electron chi connectivity index (χ4n) is 0.279. The average Bonchev–Trinajstić information content (AvgIpc) is 1.83. The van der Waals surface area contributed by atoms with E-state index in [9.17, 15) is 26.4 Å². The molecule has 0 rings (SSSR count). The number of hydrogen-bond donors (Lipinski definition) is 0. The van der Waals surface area contributed by atoms with Crippen molar-refractivity contribution in [2.24, 2.45) is 0 Å². The summed E-state index contributed by atoms with van der Waals surface area (Å²) in [5, 5.41) is 0. The van der Waals surface area contributed by atoms with Gasteiger partial charge in [0.1, 0.15) is 0 Å². The fraction of sp³-hybridized carbons (Fsp3) is 0.750. The molecule has 0 aromatic carbocycles. The van der Waals surface area contributed by atoms with Crippen molar-refractivity contribution in [2.45, 2.75) is 12.4 Å². The highest BCUT2D eigenvalue weighted by Crippen LogP contribution is 2.24. The first-order chi connectivity index (χ1) is 5.70. The third kappa shape index (κ3) is 3.49. The summed E-state index contributed by atoms with van der Waals surface area (Å²) in [4.78, 5) is 10.2. The van der Waals surface area contributed by atoms with Crippen LogP contribution in [0.4, 0.5) is 18.0 Å². The molecule has 0 spiro atoms. The van der Waals surface area contributed by atoms with Crippen LogP contribution in [-0.4, -0.2) is 26.7 Å². The van der Waals surface area contributed by atoms with Crippen molar-refractivity contribution in [3.63, 3.8) is 0 Å². The Balaban J connectivity index is 4.46. The van der Waals surface area contributed by atoms with Gasteiger partial charge in [-0.25, -0.2) is 4.79 Å². The summed E-state index contributed by atoms with van der Waals surface area (Å²) in [7, 11) is -5.89. The molecule has 0 aliphatic rings. The number of alkyl halides is 3. The van der Waals surface area contributed by atoms with Crippen molar-refractivity contribution >= 4 is 16.3 Å². The number of ether oxygens (including phenoxy) is 1. The average molecular weight is 222 g/mol. The van der Waals surface area contributed by atoms with Crippen molar-refractivity contribution in [1.29, 1.82) is 0 Å². The third-order valence-corrected chi connectivity index (χ3v) is 1.65. The van der Waals surface area contributed by atoms with Crippen molar-refractivity contribution in [1.82, 2.24) is 0 Å². The van der Waals surface area contributed by atoms with Gasteiger partial charge < -0.3 is 8.92 Å². The van der Waals surface area contributed by atoms with Gasteiger partial charge >= 0.3 is 21.8 Å². The van der Waals surface area contributed by atoms with Crippen LogP contribution >= 0.6 is 0 Å². The Kier molecular flexibility index (Phi) is 3.52. The van der Waals surface area contributed by atoms with Gasteiger partial charge in [-0.2, -0.15) is 21.6 Å². The zero-order valence-electron chi connectivity index (χ0n) is 6.29. The first kappa shape index (κ1) is 12.0. The first-order valence-electron chi connectivity index (χ1n) is 2.88. The summed E-state index contributed by atoms with van der Waals surface area (Å²) < 4.78 is 61.6. The first-order valence-corrected chi connectivity index (χ1v) is 4.29. The lowest BCUT2D eigenvalue weighted by Gasteiger charge is -2.06. The van der Waals surface area contributed by atoms with Gasteiger partial charge in [-0.3, -0.25) is 0 Å². The minimum atomic E-state index is -5.89. The zero-order valence-corrected chi connectivity index (χ0v) is 7.11. The van der Waals surface area contributed by atoms with Crippen molar-refractivity contribution in [3.05, 3.63) is 0 Å². The Morgan fingerprint density at radius 3 is 2.15 bits per heavy atom. The number of rotatable bonds is 2. The van der Waals surface area contributed by atoms with Crippen LogP contribution in [0.15, 0.2) is 0 Å². The van der Waals surface area contributed by atoms with Crippen LogP contribution < -0.4 is 0 Å². The quantitative estimate of drug-likeness (QED) is 0.396. The monoisotopic (exact) mass is 222 g/mol. The molecule has 0 heterocycles. The second-order valence-corrected chi connectivity index (χ2v) is 3.20. The number of hydrogen-bond acceptors (Lipinski definition) is 5. The van der Waals surface area contributed by atoms with E-state index in [0.29, 0.717) is 0 Å². The lowest BCUT2D eigenvalue weighted by atomic mass is 10.9. The molecule has 0 N–H and O–H groups in total. The molecule has 0 saturated heterocycles. The van der Waals surface area contributed by atoms with Gasteiger partial charge in [-0.05, 0) is 6.92 Å². The maximum absolute atomic E-state index is 11.5. The lowest BCUT2D eigenvalue weighted by Crippen LogP contribution is -2.28. The lowest BCUT2D eigenvalue weighted by molar-refractivity contribution is -0.0535. The number of halogens is 3. The van der Waals surface area contributed by atoms with E-state index in [1.165, 1.54) is 6.92 Å². The van der Waals surface area contributed by atoms with E-state index in [2.05, 4.69) is 8.92 Å². The van der Waals surface area contributed by atoms with Gasteiger partial charge in [0.15, 0.2) is 0 Å². The van der Waals surface area contributed by atoms with E-state index in [1.807, 2.05) is 0 Å². The van der Waals surface area contributed by atoms with Gasteiger partial charge in [0, 0.05) is 0 Å². The molecular weight excluding hydrogens is 217 g/mol. The van der Waals surface area contributed by atoms with Crippen LogP contribution in [0.5, 0.6) is 0 Å². The summed E-state index contributed by atoms with van der Waals surface area (Å²) in [6.07, 6.45) is -1.90. The molecule has 5 nitrogen and oxygen atoms in total. The molecule has 0 radical (unpaired) electrons. The minimum Gasteiger partial charge on any atom is -0.434 e. The van der Waals surface area contributed by atoms with Crippen molar-refractivity contribution in [2.75, 3.05) is 6.61 Å². The van der Waals surface area contributed by atoms with Crippen LogP contribution in [-0.2, 0) is 19.0 Å². The minimum absolute atomic E-state index is 0.286. The van der Waals surface area contributed by atoms with E-state index < -0.39 is 21.8 Å². The van der Waals surface area contributed by atoms with Gasteiger partial charge in [0.2, 0.25) is 0 Å². The molecule has 0 aliphatic carbocycles. The van der Waals surface area contributed by atoms with Crippen LogP contribution in [0, 0.1) is 0 Å². The Morgan fingerprint density at radius 2 is 1.85 bits per heavy atom. The second kappa shape index (κ2) is 3.81. The van der Waals surface area contributed by atoms with Crippen LogP contribution in [0.1, 0.15) is 6.92 Å². The molecule has 0 aromatic rings. The van der Waals surface area contributed by atoms with Crippen LogP contribution in [0.25, 0.3) is 0 Å². The number of carbonyl (C=O) groups is 1. The van der Waals surface area contributed by atoms with E-state index in [-0.39, 0.29) is 6.61 Å². The van der Waals surface area contributed by atoms with E-state index in [4.69, 9.17) is 0 Å². The third-order valence-electron chi connectivity index (χ3n) is 0.723. The Hall–Kier alpha value is -0.990. The molecular formula is C4H5F3O5S. The molecule has 0 aliphatic heterocycles. The Labute approximate surface area is 71.6 Å². The molecule has 0 bridgehead atoms. The second-order valence-electron chi connectivity index (χ2n) is 1.67. The molecule has 0 aromatic heterocycles. The summed E-state index contributed by atoms with van der Waals surface area (Å²) in [6, 6.07) is 0. The van der Waals surface area contributed by atoms with Gasteiger partial charge in [-0.1, -0.05) is 0 Å². The maximum atomic E-state index is 11.5. The molecule has 0 fully saturated rings. The van der Waals surface area contributed by atoms with E-state index >= 15 is 0 Å². The largest absolute Gasteiger partial charge is 0.534 e. The normalized spacial score (nSPS) is 12.3. The van der Waals surface area contributed by atoms with Gasteiger partial charge in [0.05, 0.1) is 6.61 Å².